The smallest absolute Gasteiger partial charge is 0.340 e. The molecule has 24 heavy (non-hydrogen) atoms. The maximum Gasteiger partial charge on any atom is 0.418 e. The molecule has 0 bridgehead atoms. The molecule has 0 aliphatic rings. The summed E-state index contributed by atoms with van der Waals surface area (Å²) in [4.78, 5) is 23.8. The molecular formula is C16H12F3N3O2. The van der Waals surface area contributed by atoms with Gasteiger partial charge in [-0.25, -0.2) is 4.68 Å². The Morgan fingerprint density at radius 3 is 2.67 bits per heavy atom. The van der Waals surface area contributed by atoms with Gasteiger partial charge in [-0.2, -0.15) is 18.3 Å². The maximum absolute atomic E-state index is 13.2. The fourth-order valence-corrected chi connectivity index (χ4v) is 2.06. The van der Waals surface area contributed by atoms with Crippen molar-refractivity contribution in [1.29, 1.82) is 0 Å². The quantitative estimate of drug-likeness (QED) is 0.872. The summed E-state index contributed by atoms with van der Waals surface area (Å²) in [5, 5.41) is 6.05. The molecule has 124 valence electrons. The molecule has 0 saturated carbocycles. The first-order valence-electron chi connectivity index (χ1n) is 6.75. The highest BCUT2D eigenvalue weighted by molar-refractivity contribution is 5.92. The SMILES string of the molecule is C#CCNC(=O)c1nn(-c2ccccc2C(F)(F)F)c(C)cc1=O. The minimum atomic E-state index is -4.61. The third-order valence-corrected chi connectivity index (χ3v) is 3.11. The molecule has 1 heterocycles. The lowest BCUT2D eigenvalue weighted by molar-refractivity contribution is -0.137. The molecule has 1 aromatic heterocycles. The van der Waals surface area contributed by atoms with Crippen LogP contribution in [0, 0.1) is 19.3 Å². The molecule has 2 aromatic rings. The molecule has 8 heteroatoms. The number of aryl methyl sites for hydroxylation is 1. The van der Waals surface area contributed by atoms with Gasteiger partial charge in [0.05, 0.1) is 17.8 Å². The summed E-state index contributed by atoms with van der Waals surface area (Å²) in [6, 6.07) is 5.79. The third-order valence-electron chi connectivity index (χ3n) is 3.11. The van der Waals surface area contributed by atoms with E-state index >= 15 is 0 Å². The molecule has 1 aromatic carbocycles. The Kier molecular flexibility index (Phi) is 4.74. The maximum atomic E-state index is 13.2. The van der Waals surface area contributed by atoms with Crippen LogP contribution in [0.4, 0.5) is 13.2 Å². The molecule has 0 unspecified atom stereocenters. The molecule has 1 amide bonds. The number of nitrogens with one attached hydrogen (secondary N) is 1. The van der Waals surface area contributed by atoms with Gasteiger partial charge < -0.3 is 5.32 Å². The standard InChI is InChI=1S/C16H12F3N3O2/c1-3-8-20-15(24)14-13(23)9-10(2)22(21-14)12-7-5-4-6-11(12)16(17,18)19/h1,4-7,9H,8H2,2H3,(H,20,24). The van der Waals surface area contributed by atoms with E-state index in [4.69, 9.17) is 6.42 Å². The van der Waals surface area contributed by atoms with E-state index in [1.54, 1.807) is 0 Å². The summed E-state index contributed by atoms with van der Waals surface area (Å²) >= 11 is 0. The summed E-state index contributed by atoms with van der Waals surface area (Å²) in [7, 11) is 0. The van der Waals surface area contributed by atoms with Crippen molar-refractivity contribution >= 4 is 5.91 Å². The van der Waals surface area contributed by atoms with Crippen molar-refractivity contribution in [2.45, 2.75) is 13.1 Å². The zero-order valence-corrected chi connectivity index (χ0v) is 12.5. The second kappa shape index (κ2) is 6.58. The lowest BCUT2D eigenvalue weighted by Gasteiger charge is -2.16. The van der Waals surface area contributed by atoms with Gasteiger partial charge >= 0.3 is 6.18 Å². The molecule has 0 aliphatic heterocycles. The van der Waals surface area contributed by atoms with Gasteiger partial charge in [0.1, 0.15) is 0 Å². The van der Waals surface area contributed by atoms with Crippen molar-refractivity contribution in [2.24, 2.45) is 0 Å². The first-order chi connectivity index (χ1) is 11.3. The summed E-state index contributed by atoms with van der Waals surface area (Å²) in [5.41, 5.74) is -2.30. The van der Waals surface area contributed by atoms with E-state index in [9.17, 15) is 22.8 Å². The van der Waals surface area contributed by atoms with E-state index in [1.807, 2.05) is 0 Å². The number of hydrogen-bond donors (Lipinski definition) is 1. The van der Waals surface area contributed by atoms with Crippen molar-refractivity contribution in [2.75, 3.05) is 6.54 Å². The third kappa shape index (κ3) is 3.46. The second-order valence-corrected chi connectivity index (χ2v) is 4.81. The summed E-state index contributed by atoms with van der Waals surface area (Å²) in [5.74, 6) is 1.31. The van der Waals surface area contributed by atoms with Gasteiger partial charge in [-0.05, 0) is 19.1 Å². The number of halogens is 3. The van der Waals surface area contributed by atoms with Crippen LogP contribution in [0.15, 0.2) is 35.1 Å². The normalized spacial score (nSPS) is 11.0. The fraction of sp³-hybridized carbons (Fsp3) is 0.188. The Bertz CT molecular complexity index is 879. The molecule has 2 rings (SSSR count). The summed E-state index contributed by atoms with van der Waals surface area (Å²) in [6.07, 6.45) is 0.401. The van der Waals surface area contributed by atoms with Crippen LogP contribution in [0.5, 0.6) is 0 Å². The van der Waals surface area contributed by atoms with E-state index in [2.05, 4.69) is 16.3 Å². The number of para-hydroxylation sites is 1. The van der Waals surface area contributed by atoms with E-state index < -0.39 is 28.8 Å². The molecular weight excluding hydrogens is 323 g/mol. The van der Waals surface area contributed by atoms with Crippen LogP contribution in [0.3, 0.4) is 0 Å². The zero-order valence-electron chi connectivity index (χ0n) is 12.5. The molecule has 0 fully saturated rings. The van der Waals surface area contributed by atoms with Gasteiger partial charge in [0.2, 0.25) is 5.43 Å². The van der Waals surface area contributed by atoms with E-state index in [1.165, 1.54) is 25.1 Å². The zero-order chi connectivity index (χ0) is 17.9. The van der Waals surface area contributed by atoms with Crippen LogP contribution >= 0.6 is 0 Å². The van der Waals surface area contributed by atoms with Gasteiger partial charge in [-0.3, -0.25) is 9.59 Å². The van der Waals surface area contributed by atoms with Crippen LogP contribution in [0.25, 0.3) is 5.69 Å². The Hall–Kier alpha value is -3.08. The number of hydrogen-bond acceptors (Lipinski definition) is 3. The number of aromatic nitrogens is 2. The van der Waals surface area contributed by atoms with Crippen LogP contribution in [0.2, 0.25) is 0 Å². The predicted molar refractivity (Wildman–Crippen MR) is 80.7 cm³/mol. The van der Waals surface area contributed by atoms with E-state index in [0.717, 1.165) is 16.8 Å². The lowest BCUT2D eigenvalue weighted by Crippen LogP contribution is -2.32. The van der Waals surface area contributed by atoms with Gasteiger partial charge in [-0.1, -0.05) is 18.1 Å². The van der Waals surface area contributed by atoms with Gasteiger partial charge in [0, 0.05) is 11.8 Å². The first kappa shape index (κ1) is 17.3. The summed E-state index contributed by atoms with van der Waals surface area (Å²) in [6.45, 7) is 1.29. The second-order valence-electron chi connectivity index (χ2n) is 4.81. The fourth-order valence-electron chi connectivity index (χ4n) is 2.06. The molecule has 0 saturated heterocycles. The largest absolute Gasteiger partial charge is 0.418 e. The number of benzene rings is 1. The molecule has 0 radical (unpaired) electrons. The van der Waals surface area contributed by atoms with Gasteiger partial charge in [-0.15, -0.1) is 6.42 Å². The highest BCUT2D eigenvalue weighted by Crippen LogP contribution is 2.33. The van der Waals surface area contributed by atoms with Crippen LogP contribution in [0.1, 0.15) is 21.7 Å². The molecule has 0 spiro atoms. The molecule has 0 aliphatic carbocycles. The average molecular weight is 335 g/mol. The monoisotopic (exact) mass is 335 g/mol. The molecule has 0 atom stereocenters. The van der Waals surface area contributed by atoms with Crippen LogP contribution in [-0.2, 0) is 6.18 Å². The Balaban J connectivity index is 2.63. The number of terminal acetylenes is 1. The topological polar surface area (TPSA) is 64.0 Å². The highest BCUT2D eigenvalue weighted by atomic mass is 19.4. The highest BCUT2D eigenvalue weighted by Gasteiger charge is 2.34. The Morgan fingerprint density at radius 2 is 2.04 bits per heavy atom. The van der Waals surface area contributed by atoms with Gasteiger partial charge in [0.15, 0.2) is 5.69 Å². The van der Waals surface area contributed by atoms with Crippen molar-refractivity contribution in [3.8, 4) is 18.0 Å². The average Bonchev–Trinajstić information content (AvgIpc) is 2.52. The van der Waals surface area contributed by atoms with Crippen molar-refractivity contribution in [1.82, 2.24) is 15.1 Å². The summed E-state index contributed by atoms with van der Waals surface area (Å²) < 4.78 is 40.4. The Labute approximate surface area is 135 Å². The minimum absolute atomic E-state index is 0.132. The number of rotatable bonds is 3. The number of carbonyl (C=O) groups is 1. The number of nitrogens with zero attached hydrogens (tertiary/aromatic N) is 2. The molecule has 5 nitrogen and oxygen atoms in total. The van der Waals surface area contributed by atoms with Crippen LogP contribution in [-0.4, -0.2) is 22.2 Å². The number of carbonyl (C=O) groups excluding carboxylic acids is 1. The van der Waals surface area contributed by atoms with Crippen LogP contribution < -0.4 is 10.7 Å². The van der Waals surface area contributed by atoms with Crippen molar-refractivity contribution in [3.63, 3.8) is 0 Å². The van der Waals surface area contributed by atoms with Crippen molar-refractivity contribution < 1.29 is 18.0 Å². The van der Waals surface area contributed by atoms with Gasteiger partial charge in [0.25, 0.3) is 5.91 Å². The predicted octanol–water partition coefficient (Wildman–Crippen LogP) is 1.92. The minimum Gasteiger partial charge on any atom is -0.340 e. The number of amides is 1. The lowest BCUT2D eigenvalue weighted by atomic mass is 10.1. The molecule has 1 N–H and O–H groups in total. The Morgan fingerprint density at radius 1 is 1.38 bits per heavy atom. The van der Waals surface area contributed by atoms with E-state index in [-0.39, 0.29) is 17.9 Å². The first-order valence-corrected chi connectivity index (χ1v) is 6.75. The van der Waals surface area contributed by atoms with E-state index in [0.29, 0.717) is 0 Å². The number of alkyl halides is 3. The van der Waals surface area contributed by atoms with Crippen molar-refractivity contribution in [3.05, 3.63) is 57.5 Å².